The molecule has 0 aromatic carbocycles. The topological polar surface area (TPSA) is 36.7 Å². The molecule has 0 saturated carbocycles. The molecule has 4 heteroatoms. The van der Waals surface area contributed by atoms with Gasteiger partial charge >= 0.3 is 0 Å². The molecular formula is C7H4F2N2. The number of aromatic nitrogens is 1. The number of hydrogen-bond acceptors (Lipinski definition) is 2. The van der Waals surface area contributed by atoms with Crippen molar-refractivity contribution in [1.29, 1.82) is 5.26 Å². The zero-order valence-electron chi connectivity index (χ0n) is 5.46. The van der Waals surface area contributed by atoms with Gasteiger partial charge in [0.2, 0.25) is 0 Å². The van der Waals surface area contributed by atoms with Gasteiger partial charge in [0, 0.05) is 6.20 Å². The normalized spacial score (nSPS) is 9.64. The van der Waals surface area contributed by atoms with Crippen LogP contribution in [-0.4, -0.2) is 4.98 Å². The molecule has 2 nitrogen and oxygen atoms in total. The number of halogens is 2. The maximum absolute atomic E-state index is 11.9. The van der Waals surface area contributed by atoms with Crippen molar-refractivity contribution in [3.8, 4) is 6.07 Å². The molecule has 0 aliphatic heterocycles. The second kappa shape index (κ2) is 3.06. The largest absolute Gasteiger partial charge is 0.280 e. The summed E-state index contributed by atoms with van der Waals surface area (Å²) in [5.41, 5.74) is -0.0154. The zero-order chi connectivity index (χ0) is 8.27. The number of nitriles is 1. The van der Waals surface area contributed by atoms with E-state index >= 15 is 0 Å². The molecular weight excluding hydrogens is 150 g/mol. The maximum atomic E-state index is 11.9. The number of alkyl halides is 2. The van der Waals surface area contributed by atoms with Crippen LogP contribution in [0.25, 0.3) is 0 Å². The first-order chi connectivity index (χ1) is 5.24. The summed E-state index contributed by atoms with van der Waals surface area (Å²) in [6.45, 7) is 0. The van der Waals surface area contributed by atoms with E-state index < -0.39 is 6.43 Å². The standard InChI is InChI=1S/C7H4F2N2/c8-7(9)6-2-1-5(3-10)4-11-6/h1-2,4,7H. The van der Waals surface area contributed by atoms with E-state index in [1.165, 1.54) is 6.07 Å². The summed E-state index contributed by atoms with van der Waals surface area (Å²) < 4.78 is 23.7. The molecule has 0 spiro atoms. The van der Waals surface area contributed by atoms with Gasteiger partial charge in [-0.25, -0.2) is 8.78 Å². The fourth-order valence-corrected chi connectivity index (χ4v) is 0.601. The fourth-order valence-electron chi connectivity index (χ4n) is 0.601. The summed E-state index contributed by atoms with van der Waals surface area (Å²) in [4.78, 5) is 3.38. The van der Waals surface area contributed by atoms with E-state index in [2.05, 4.69) is 4.98 Å². The minimum Gasteiger partial charge on any atom is -0.254 e. The van der Waals surface area contributed by atoms with Crippen LogP contribution in [0.1, 0.15) is 17.7 Å². The van der Waals surface area contributed by atoms with Crippen molar-refractivity contribution < 1.29 is 8.78 Å². The van der Waals surface area contributed by atoms with E-state index in [4.69, 9.17) is 5.26 Å². The Morgan fingerprint density at radius 3 is 2.55 bits per heavy atom. The van der Waals surface area contributed by atoms with E-state index in [0.717, 1.165) is 12.3 Å². The van der Waals surface area contributed by atoms with Crippen LogP contribution < -0.4 is 0 Å². The Hall–Kier alpha value is -1.50. The predicted octanol–water partition coefficient (Wildman–Crippen LogP) is 1.89. The Balaban J connectivity index is 2.94. The molecule has 0 N–H and O–H groups in total. The summed E-state index contributed by atoms with van der Waals surface area (Å²) in [6.07, 6.45) is -1.44. The molecule has 1 aromatic heterocycles. The minimum atomic E-state index is -2.57. The molecule has 0 aliphatic carbocycles. The average Bonchev–Trinajstić information content (AvgIpc) is 2.05. The van der Waals surface area contributed by atoms with Gasteiger partial charge in [0.05, 0.1) is 5.56 Å². The Bertz CT molecular complexity index is 273. The van der Waals surface area contributed by atoms with Crippen LogP contribution in [0.5, 0.6) is 0 Å². The van der Waals surface area contributed by atoms with Crippen molar-refractivity contribution in [2.24, 2.45) is 0 Å². The highest BCUT2D eigenvalue weighted by molar-refractivity contribution is 5.26. The molecule has 0 atom stereocenters. The summed E-state index contributed by atoms with van der Waals surface area (Å²) >= 11 is 0. The summed E-state index contributed by atoms with van der Waals surface area (Å²) in [5, 5.41) is 8.29. The molecule has 0 aliphatic rings. The molecule has 0 unspecified atom stereocenters. The van der Waals surface area contributed by atoms with Crippen LogP contribution in [0.15, 0.2) is 18.3 Å². The first-order valence-electron chi connectivity index (χ1n) is 2.88. The SMILES string of the molecule is N#Cc1ccc(C(F)F)nc1. The molecule has 0 bridgehead atoms. The quantitative estimate of drug-likeness (QED) is 0.619. The predicted molar refractivity (Wildman–Crippen MR) is 33.9 cm³/mol. The molecule has 0 saturated heterocycles. The second-order valence-corrected chi connectivity index (χ2v) is 1.88. The van der Waals surface area contributed by atoms with Crippen molar-refractivity contribution in [2.45, 2.75) is 6.43 Å². The molecule has 0 fully saturated rings. The first kappa shape index (κ1) is 7.61. The summed E-state index contributed by atoms with van der Waals surface area (Å²) in [6, 6.07) is 4.24. The number of pyridine rings is 1. The van der Waals surface area contributed by atoms with Gasteiger partial charge in [-0.05, 0) is 12.1 Å². The van der Waals surface area contributed by atoms with Gasteiger partial charge in [0.15, 0.2) is 0 Å². The first-order valence-corrected chi connectivity index (χ1v) is 2.88. The van der Waals surface area contributed by atoms with Crippen LogP contribution in [0.2, 0.25) is 0 Å². The van der Waals surface area contributed by atoms with Gasteiger partial charge < -0.3 is 0 Å². The van der Waals surface area contributed by atoms with Crippen molar-refractivity contribution in [1.82, 2.24) is 4.98 Å². The third-order valence-corrected chi connectivity index (χ3v) is 1.14. The Morgan fingerprint density at radius 1 is 1.45 bits per heavy atom. The summed E-state index contributed by atoms with van der Waals surface area (Å²) in [5.74, 6) is 0. The van der Waals surface area contributed by atoms with E-state index in [1.807, 2.05) is 0 Å². The van der Waals surface area contributed by atoms with Crippen LogP contribution >= 0.6 is 0 Å². The number of nitrogens with zero attached hydrogens (tertiary/aromatic N) is 2. The molecule has 1 heterocycles. The van der Waals surface area contributed by atoms with Gasteiger partial charge in [-0.3, -0.25) is 4.98 Å². The second-order valence-electron chi connectivity index (χ2n) is 1.88. The van der Waals surface area contributed by atoms with Gasteiger partial charge in [-0.2, -0.15) is 5.26 Å². The monoisotopic (exact) mass is 154 g/mol. The van der Waals surface area contributed by atoms with Crippen LogP contribution in [0.3, 0.4) is 0 Å². The van der Waals surface area contributed by atoms with Crippen LogP contribution in [-0.2, 0) is 0 Å². The third-order valence-electron chi connectivity index (χ3n) is 1.14. The van der Waals surface area contributed by atoms with Crippen molar-refractivity contribution in [3.63, 3.8) is 0 Å². The molecule has 1 rings (SSSR count). The molecule has 1 aromatic rings. The molecule has 11 heavy (non-hydrogen) atoms. The van der Waals surface area contributed by atoms with Crippen LogP contribution in [0.4, 0.5) is 8.78 Å². The van der Waals surface area contributed by atoms with Crippen molar-refractivity contribution >= 4 is 0 Å². The smallest absolute Gasteiger partial charge is 0.254 e. The highest BCUT2D eigenvalue weighted by Gasteiger charge is 2.06. The maximum Gasteiger partial charge on any atom is 0.280 e. The molecule has 0 amide bonds. The van der Waals surface area contributed by atoms with Crippen molar-refractivity contribution in [2.75, 3.05) is 0 Å². The Labute approximate surface area is 62.1 Å². The zero-order valence-corrected chi connectivity index (χ0v) is 5.46. The lowest BCUT2D eigenvalue weighted by molar-refractivity contribution is 0.146. The summed E-state index contributed by atoms with van der Waals surface area (Å²) in [7, 11) is 0. The molecule has 0 radical (unpaired) electrons. The third kappa shape index (κ3) is 1.71. The lowest BCUT2D eigenvalue weighted by Gasteiger charge is -1.95. The minimum absolute atomic E-state index is 0.286. The molecule has 56 valence electrons. The Morgan fingerprint density at radius 2 is 2.18 bits per heavy atom. The van der Waals surface area contributed by atoms with Gasteiger partial charge in [0.25, 0.3) is 6.43 Å². The average molecular weight is 154 g/mol. The van der Waals surface area contributed by atoms with E-state index in [1.54, 1.807) is 6.07 Å². The highest BCUT2D eigenvalue weighted by Crippen LogP contribution is 2.15. The fraction of sp³-hybridized carbons (Fsp3) is 0.143. The van der Waals surface area contributed by atoms with Gasteiger partial charge in [-0.1, -0.05) is 0 Å². The Kier molecular flexibility index (Phi) is 2.12. The highest BCUT2D eigenvalue weighted by atomic mass is 19.3. The van der Waals surface area contributed by atoms with Crippen LogP contribution in [0, 0.1) is 11.3 Å². The van der Waals surface area contributed by atoms with E-state index in [0.29, 0.717) is 0 Å². The van der Waals surface area contributed by atoms with Crippen molar-refractivity contribution in [3.05, 3.63) is 29.6 Å². The lowest BCUT2D eigenvalue weighted by Crippen LogP contribution is -1.88. The lowest BCUT2D eigenvalue weighted by atomic mass is 10.3. The van der Waals surface area contributed by atoms with E-state index in [-0.39, 0.29) is 11.3 Å². The number of hydrogen-bond donors (Lipinski definition) is 0. The van der Waals surface area contributed by atoms with E-state index in [9.17, 15) is 8.78 Å². The van der Waals surface area contributed by atoms with Gasteiger partial charge in [0.1, 0.15) is 11.8 Å². The van der Waals surface area contributed by atoms with Gasteiger partial charge in [-0.15, -0.1) is 0 Å². The number of rotatable bonds is 1.